The lowest BCUT2D eigenvalue weighted by Gasteiger charge is -2.05. The number of carbonyl (C=O) groups is 1. The highest BCUT2D eigenvalue weighted by Crippen LogP contribution is 2.21. The van der Waals surface area contributed by atoms with Crippen molar-refractivity contribution in [1.29, 1.82) is 0 Å². The summed E-state index contributed by atoms with van der Waals surface area (Å²) in [7, 11) is 0. The Balaban J connectivity index is 2.52. The topological polar surface area (TPSA) is 17.1 Å². The van der Waals surface area contributed by atoms with Crippen LogP contribution < -0.4 is 0 Å². The number of aryl methyl sites for hydroxylation is 1. The van der Waals surface area contributed by atoms with Gasteiger partial charge >= 0.3 is 0 Å². The monoisotopic (exact) mass is 210 g/mol. The van der Waals surface area contributed by atoms with Gasteiger partial charge in [0, 0.05) is 5.56 Å². The van der Waals surface area contributed by atoms with E-state index in [0.717, 1.165) is 29.4 Å². The van der Waals surface area contributed by atoms with Crippen molar-refractivity contribution in [2.24, 2.45) is 0 Å². The Hall–Kier alpha value is -1.89. The van der Waals surface area contributed by atoms with Gasteiger partial charge in [-0.25, -0.2) is 0 Å². The van der Waals surface area contributed by atoms with E-state index in [-0.39, 0.29) is 0 Å². The van der Waals surface area contributed by atoms with E-state index in [1.807, 2.05) is 30.3 Å². The van der Waals surface area contributed by atoms with Gasteiger partial charge in [-0.3, -0.25) is 4.79 Å². The Morgan fingerprint density at radius 3 is 2.38 bits per heavy atom. The molecule has 0 bridgehead atoms. The molecule has 0 aliphatic rings. The van der Waals surface area contributed by atoms with E-state index in [2.05, 4.69) is 25.1 Å². The molecule has 0 unspecified atom stereocenters. The van der Waals surface area contributed by atoms with Crippen molar-refractivity contribution in [3.63, 3.8) is 0 Å². The maximum absolute atomic E-state index is 10.9. The lowest BCUT2D eigenvalue weighted by Crippen LogP contribution is -1.88. The number of carbonyl (C=O) groups excluding carboxylic acids is 1. The largest absolute Gasteiger partial charge is 0.298 e. The minimum Gasteiger partial charge on any atom is -0.298 e. The first-order valence-electron chi connectivity index (χ1n) is 5.48. The number of hydrogen-bond acceptors (Lipinski definition) is 1. The molecule has 2 aromatic rings. The third-order valence-electron chi connectivity index (χ3n) is 2.67. The first-order chi connectivity index (χ1) is 7.83. The Bertz CT molecular complexity index is 486. The van der Waals surface area contributed by atoms with E-state index in [0.29, 0.717) is 0 Å². The zero-order valence-corrected chi connectivity index (χ0v) is 9.31. The molecule has 1 nitrogen and oxygen atoms in total. The highest BCUT2D eigenvalue weighted by molar-refractivity contribution is 5.79. The highest BCUT2D eigenvalue weighted by atomic mass is 16.1. The second kappa shape index (κ2) is 4.75. The highest BCUT2D eigenvalue weighted by Gasteiger charge is 2.01. The number of rotatable bonds is 3. The molecule has 0 radical (unpaired) electrons. The summed E-state index contributed by atoms with van der Waals surface area (Å²) in [6, 6.07) is 16.1. The molecule has 1 heteroatoms. The zero-order chi connectivity index (χ0) is 11.4. The molecule has 0 fully saturated rings. The summed E-state index contributed by atoms with van der Waals surface area (Å²) in [5.41, 5.74) is 4.21. The molecule has 0 amide bonds. The Labute approximate surface area is 95.7 Å². The fourth-order valence-electron chi connectivity index (χ4n) is 1.79. The molecule has 2 rings (SSSR count). The summed E-state index contributed by atoms with van der Waals surface area (Å²) in [5.74, 6) is 0. The SMILES string of the molecule is CCc1cc(C=O)cc(-c2ccccc2)c1. The Morgan fingerprint density at radius 2 is 1.75 bits per heavy atom. The van der Waals surface area contributed by atoms with Crippen LogP contribution in [0, 0.1) is 0 Å². The van der Waals surface area contributed by atoms with Gasteiger partial charge in [-0.1, -0.05) is 43.3 Å². The molecule has 0 saturated heterocycles. The van der Waals surface area contributed by atoms with Gasteiger partial charge in [-0.2, -0.15) is 0 Å². The molecule has 2 aromatic carbocycles. The van der Waals surface area contributed by atoms with Crippen molar-refractivity contribution < 1.29 is 4.79 Å². The van der Waals surface area contributed by atoms with Crippen LogP contribution in [-0.4, -0.2) is 6.29 Å². The van der Waals surface area contributed by atoms with E-state index in [9.17, 15) is 4.79 Å². The Kier molecular flexibility index (Phi) is 3.16. The summed E-state index contributed by atoms with van der Waals surface area (Å²) in [6.45, 7) is 2.10. The van der Waals surface area contributed by atoms with Crippen LogP contribution in [0.3, 0.4) is 0 Å². The minimum atomic E-state index is 0.748. The fraction of sp³-hybridized carbons (Fsp3) is 0.133. The number of aldehydes is 1. The van der Waals surface area contributed by atoms with Crippen molar-refractivity contribution >= 4 is 6.29 Å². The molecule has 0 heterocycles. The molecular weight excluding hydrogens is 196 g/mol. The van der Waals surface area contributed by atoms with Gasteiger partial charge in [0.1, 0.15) is 6.29 Å². The van der Waals surface area contributed by atoms with E-state index >= 15 is 0 Å². The van der Waals surface area contributed by atoms with Gasteiger partial charge in [0.25, 0.3) is 0 Å². The number of hydrogen-bond donors (Lipinski definition) is 0. The predicted octanol–water partition coefficient (Wildman–Crippen LogP) is 3.73. The van der Waals surface area contributed by atoms with Crippen LogP contribution in [0.5, 0.6) is 0 Å². The summed E-state index contributed by atoms with van der Waals surface area (Å²) >= 11 is 0. The Morgan fingerprint density at radius 1 is 1.00 bits per heavy atom. The van der Waals surface area contributed by atoms with Crippen molar-refractivity contribution in [2.45, 2.75) is 13.3 Å². The second-order valence-corrected chi connectivity index (χ2v) is 3.80. The van der Waals surface area contributed by atoms with E-state index in [4.69, 9.17) is 0 Å². The molecule has 16 heavy (non-hydrogen) atoms. The molecular formula is C15H14O. The normalized spacial score (nSPS) is 10.1. The van der Waals surface area contributed by atoms with E-state index < -0.39 is 0 Å². The van der Waals surface area contributed by atoms with Gasteiger partial charge in [0.05, 0.1) is 0 Å². The molecule has 0 saturated carbocycles. The molecule has 0 N–H and O–H groups in total. The number of benzene rings is 2. The molecule has 0 spiro atoms. The minimum absolute atomic E-state index is 0.748. The lowest BCUT2D eigenvalue weighted by atomic mass is 9.99. The van der Waals surface area contributed by atoms with Gasteiger partial charge in [-0.15, -0.1) is 0 Å². The summed E-state index contributed by atoms with van der Waals surface area (Å²) in [6.07, 6.45) is 1.85. The van der Waals surface area contributed by atoms with Crippen molar-refractivity contribution in [2.75, 3.05) is 0 Å². The van der Waals surface area contributed by atoms with Crippen LogP contribution in [0.1, 0.15) is 22.8 Å². The van der Waals surface area contributed by atoms with Crippen molar-refractivity contribution in [3.8, 4) is 11.1 Å². The van der Waals surface area contributed by atoms with Gasteiger partial charge in [0.2, 0.25) is 0 Å². The zero-order valence-electron chi connectivity index (χ0n) is 9.31. The molecule has 0 aliphatic heterocycles. The maximum atomic E-state index is 10.9. The molecule has 0 aromatic heterocycles. The standard InChI is InChI=1S/C15H14O/c1-2-12-8-13(11-16)10-15(9-12)14-6-4-3-5-7-14/h3-11H,2H2,1H3. The van der Waals surface area contributed by atoms with Crippen molar-refractivity contribution in [1.82, 2.24) is 0 Å². The van der Waals surface area contributed by atoms with Gasteiger partial charge < -0.3 is 0 Å². The summed E-state index contributed by atoms with van der Waals surface area (Å²) < 4.78 is 0. The van der Waals surface area contributed by atoms with Crippen LogP contribution in [0.2, 0.25) is 0 Å². The maximum Gasteiger partial charge on any atom is 0.150 e. The third-order valence-corrected chi connectivity index (χ3v) is 2.67. The lowest BCUT2D eigenvalue weighted by molar-refractivity contribution is 0.112. The fourth-order valence-corrected chi connectivity index (χ4v) is 1.79. The van der Waals surface area contributed by atoms with Crippen LogP contribution in [0.4, 0.5) is 0 Å². The van der Waals surface area contributed by atoms with Crippen LogP contribution >= 0.6 is 0 Å². The molecule has 0 atom stereocenters. The van der Waals surface area contributed by atoms with Crippen LogP contribution in [0.25, 0.3) is 11.1 Å². The van der Waals surface area contributed by atoms with Gasteiger partial charge in [-0.05, 0) is 35.2 Å². The third kappa shape index (κ3) is 2.19. The first-order valence-corrected chi connectivity index (χ1v) is 5.48. The average Bonchev–Trinajstić information content (AvgIpc) is 2.39. The summed E-state index contributed by atoms with van der Waals surface area (Å²) in [4.78, 5) is 10.9. The average molecular weight is 210 g/mol. The van der Waals surface area contributed by atoms with Crippen LogP contribution in [0.15, 0.2) is 48.5 Å². The smallest absolute Gasteiger partial charge is 0.150 e. The quantitative estimate of drug-likeness (QED) is 0.705. The summed E-state index contributed by atoms with van der Waals surface area (Å²) in [5, 5.41) is 0. The van der Waals surface area contributed by atoms with E-state index in [1.54, 1.807) is 0 Å². The second-order valence-electron chi connectivity index (χ2n) is 3.80. The van der Waals surface area contributed by atoms with Crippen LogP contribution in [-0.2, 0) is 6.42 Å². The molecule has 0 aliphatic carbocycles. The first kappa shape index (κ1) is 10.6. The molecule has 80 valence electrons. The van der Waals surface area contributed by atoms with Crippen molar-refractivity contribution in [3.05, 3.63) is 59.7 Å². The predicted molar refractivity (Wildman–Crippen MR) is 66.6 cm³/mol. The van der Waals surface area contributed by atoms with Gasteiger partial charge in [0.15, 0.2) is 0 Å². The van der Waals surface area contributed by atoms with E-state index in [1.165, 1.54) is 5.56 Å².